The first kappa shape index (κ1) is 33.7. The Kier molecular flexibility index (Phi) is 8.12. The summed E-state index contributed by atoms with van der Waals surface area (Å²) in [7, 11) is 6.98. The standard InChI is InChI=1S/C43H52N4O5/c1-7-24-15-23-20-43(42(49)52-6)39-27(13-14-47(21-23)40(24)43)29-17-30(36(50-4)19-34(29)45-39)31-16-28-25(8-2)22-46(3)35(37(28)41(48)51-5)18-32-26-11-9-10-12-33(26)44-38(31)32/h8-12,17,19,23-24,28,31,35,37,40,44-45H,7,13-16,18,20-22H2,1-6H3/b25-8-/t23-,24+,28+,31+,35+,37+,40+,43-/m1/s1. The van der Waals surface area contributed by atoms with Crippen molar-refractivity contribution < 1.29 is 23.8 Å². The maximum atomic E-state index is 14.2. The first-order chi connectivity index (χ1) is 25.3. The van der Waals surface area contributed by atoms with Crippen LogP contribution in [0.25, 0.3) is 21.8 Å². The number of nitrogens with zero attached hydrogens (tertiary/aromatic N) is 2. The molecule has 9 nitrogen and oxygen atoms in total. The molecule has 0 radical (unpaired) electrons. The molecule has 52 heavy (non-hydrogen) atoms. The van der Waals surface area contributed by atoms with E-state index >= 15 is 0 Å². The van der Waals surface area contributed by atoms with Crippen LogP contribution in [0.3, 0.4) is 0 Å². The number of piperidine rings is 3. The number of carbonyl (C=O) groups is 2. The van der Waals surface area contributed by atoms with E-state index in [2.05, 4.69) is 83.1 Å². The van der Waals surface area contributed by atoms with E-state index < -0.39 is 5.41 Å². The molecule has 2 aromatic carbocycles. The molecule has 1 saturated carbocycles. The number of hydrogen-bond donors (Lipinski definition) is 2. The van der Waals surface area contributed by atoms with Gasteiger partial charge in [-0.05, 0) is 87.1 Å². The Morgan fingerprint density at radius 2 is 1.85 bits per heavy atom. The molecule has 4 fully saturated rings. The van der Waals surface area contributed by atoms with Crippen LogP contribution in [0, 0.1) is 23.7 Å². The number of ether oxygens (including phenoxy) is 3. The normalized spacial score (nSPS) is 33.2. The minimum absolute atomic E-state index is 0.00289. The van der Waals surface area contributed by atoms with E-state index in [-0.39, 0.29) is 41.8 Å². The summed E-state index contributed by atoms with van der Waals surface area (Å²) in [5, 5.41) is 2.36. The van der Waals surface area contributed by atoms with Crippen LogP contribution in [0.1, 0.15) is 73.5 Å². The highest BCUT2D eigenvalue weighted by Gasteiger charge is 2.62. The summed E-state index contributed by atoms with van der Waals surface area (Å²) in [5.74, 6) is 1.10. The number of fused-ring (bicyclic) bond motifs is 9. The Hall–Kier alpha value is -4.08. The average molecular weight is 705 g/mol. The van der Waals surface area contributed by atoms with Crippen molar-refractivity contribution in [1.82, 2.24) is 19.8 Å². The smallest absolute Gasteiger partial charge is 0.319 e. The molecule has 6 heterocycles. The van der Waals surface area contributed by atoms with Gasteiger partial charge in [-0.2, -0.15) is 0 Å². The monoisotopic (exact) mass is 704 g/mol. The number of benzene rings is 2. The van der Waals surface area contributed by atoms with Crippen molar-refractivity contribution in [3.05, 3.63) is 76.1 Å². The number of methoxy groups -OCH3 is 3. The maximum absolute atomic E-state index is 14.2. The summed E-state index contributed by atoms with van der Waals surface area (Å²) < 4.78 is 17.6. The van der Waals surface area contributed by atoms with Crippen LogP contribution in [0.4, 0.5) is 0 Å². The van der Waals surface area contributed by atoms with Gasteiger partial charge in [0.1, 0.15) is 11.2 Å². The fourth-order valence-corrected chi connectivity index (χ4v) is 12.1. The van der Waals surface area contributed by atoms with Gasteiger partial charge in [-0.3, -0.25) is 19.4 Å². The Morgan fingerprint density at radius 3 is 2.60 bits per heavy atom. The first-order valence-corrected chi connectivity index (χ1v) is 19.3. The van der Waals surface area contributed by atoms with E-state index in [4.69, 9.17) is 14.2 Å². The zero-order chi connectivity index (χ0) is 36.1. The Bertz CT molecular complexity index is 2110. The molecule has 274 valence electrons. The molecule has 4 aliphatic heterocycles. The van der Waals surface area contributed by atoms with E-state index in [1.807, 2.05) is 0 Å². The number of carbonyl (C=O) groups excluding carboxylic acids is 2. The fourth-order valence-electron chi connectivity index (χ4n) is 12.1. The minimum atomic E-state index is -0.725. The average Bonchev–Trinajstić information content (AvgIpc) is 3.69. The largest absolute Gasteiger partial charge is 0.496 e. The van der Waals surface area contributed by atoms with Gasteiger partial charge >= 0.3 is 11.9 Å². The zero-order valence-electron chi connectivity index (χ0n) is 31.4. The number of rotatable bonds is 5. The predicted octanol–water partition coefficient (Wildman–Crippen LogP) is 6.49. The second-order valence-corrected chi connectivity index (χ2v) is 16.3. The number of aromatic nitrogens is 2. The predicted molar refractivity (Wildman–Crippen MR) is 202 cm³/mol. The van der Waals surface area contributed by atoms with Crippen LogP contribution in [-0.4, -0.2) is 91.8 Å². The number of nitrogens with one attached hydrogen (secondary N) is 2. The van der Waals surface area contributed by atoms with Gasteiger partial charge in [0.05, 0.1) is 27.2 Å². The molecule has 6 aliphatic rings. The topological polar surface area (TPSA) is 99.9 Å². The van der Waals surface area contributed by atoms with Crippen molar-refractivity contribution in [2.75, 3.05) is 48.0 Å². The molecule has 0 spiro atoms. The Labute approximate surface area is 306 Å². The van der Waals surface area contributed by atoms with Crippen LogP contribution in [0.15, 0.2) is 48.0 Å². The molecule has 4 aromatic rings. The number of likely N-dealkylation sites (N-methyl/N-ethyl adjacent to an activating group) is 1. The van der Waals surface area contributed by atoms with Crippen molar-refractivity contribution in [3.8, 4) is 5.75 Å². The SMILES string of the molecule is C/C=C1/CN(C)[C@H]2Cc3c([nH]c4ccccc34)[C@H](c3cc4c5c([nH]c4cc3OC)[C@]3(C(=O)OC)C[C@H]4C[C@H](CC)[C@@H]3N(CC5)C4)C[C@@H]1[C@@H]2C(=O)OC. The lowest BCUT2D eigenvalue weighted by molar-refractivity contribution is -0.162. The zero-order valence-corrected chi connectivity index (χ0v) is 31.4. The van der Waals surface area contributed by atoms with Gasteiger partial charge in [-0.15, -0.1) is 0 Å². The van der Waals surface area contributed by atoms with Gasteiger partial charge < -0.3 is 24.2 Å². The highest BCUT2D eigenvalue weighted by Crippen LogP contribution is 2.56. The molecular formula is C43H52N4O5. The number of likely N-dealkylation sites (tertiary alicyclic amines) is 1. The van der Waals surface area contributed by atoms with Crippen LogP contribution in [0.2, 0.25) is 0 Å². The summed E-state index contributed by atoms with van der Waals surface area (Å²) in [4.78, 5) is 40.7. The highest BCUT2D eigenvalue weighted by atomic mass is 16.5. The molecule has 1 unspecified atom stereocenters. The fraction of sp³-hybridized carbons (Fsp3) is 0.535. The molecule has 2 aliphatic carbocycles. The third-order valence-corrected chi connectivity index (χ3v) is 14.1. The second kappa shape index (κ2) is 12.5. The molecule has 3 saturated heterocycles. The number of H-pyrrole nitrogens is 2. The van der Waals surface area contributed by atoms with Gasteiger partial charge in [-0.1, -0.05) is 43.2 Å². The van der Waals surface area contributed by atoms with Gasteiger partial charge in [0, 0.05) is 82.5 Å². The Balaban J connectivity index is 1.28. The highest BCUT2D eigenvalue weighted by molar-refractivity contribution is 5.93. The molecule has 9 atom stereocenters. The molecule has 2 N–H and O–H groups in total. The van der Waals surface area contributed by atoms with Gasteiger partial charge in [-0.25, -0.2) is 0 Å². The second-order valence-electron chi connectivity index (χ2n) is 16.3. The summed E-state index contributed by atoms with van der Waals surface area (Å²) in [5.41, 5.74) is 8.50. The van der Waals surface area contributed by atoms with Gasteiger partial charge in [0.25, 0.3) is 0 Å². The minimum Gasteiger partial charge on any atom is -0.496 e. The third kappa shape index (κ3) is 4.67. The quantitative estimate of drug-likeness (QED) is 0.181. The summed E-state index contributed by atoms with van der Waals surface area (Å²) >= 11 is 0. The lowest BCUT2D eigenvalue weighted by Gasteiger charge is -2.57. The van der Waals surface area contributed by atoms with E-state index in [1.54, 1.807) is 14.2 Å². The molecular weight excluding hydrogens is 652 g/mol. The van der Waals surface area contributed by atoms with E-state index in [0.29, 0.717) is 11.8 Å². The van der Waals surface area contributed by atoms with Gasteiger partial charge in [0.2, 0.25) is 0 Å². The Morgan fingerprint density at radius 1 is 1.02 bits per heavy atom. The molecule has 0 amide bonds. The van der Waals surface area contributed by atoms with Crippen LogP contribution >= 0.6 is 0 Å². The summed E-state index contributed by atoms with van der Waals surface area (Å²) in [6, 6.07) is 13.2. The van der Waals surface area contributed by atoms with Crippen molar-refractivity contribution in [2.45, 2.75) is 75.8 Å². The molecule has 10 rings (SSSR count). The third-order valence-electron chi connectivity index (χ3n) is 14.1. The van der Waals surface area contributed by atoms with E-state index in [9.17, 15) is 9.59 Å². The number of aromatic amines is 2. The molecule has 2 aromatic heterocycles. The van der Waals surface area contributed by atoms with Crippen LogP contribution in [0.5, 0.6) is 5.75 Å². The van der Waals surface area contributed by atoms with E-state index in [1.165, 1.54) is 41.3 Å². The molecule has 9 heteroatoms. The first-order valence-electron chi connectivity index (χ1n) is 19.3. The number of hydrogen-bond acceptors (Lipinski definition) is 7. The van der Waals surface area contributed by atoms with Crippen molar-refractivity contribution >= 4 is 33.7 Å². The molecule has 6 bridgehead atoms. The lowest BCUT2D eigenvalue weighted by Crippen LogP contribution is -2.67. The van der Waals surface area contributed by atoms with Crippen molar-refractivity contribution in [3.63, 3.8) is 0 Å². The number of para-hydroxylation sites is 1. The lowest BCUT2D eigenvalue weighted by atomic mass is 9.56. The van der Waals surface area contributed by atoms with Crippen molar-refractivity contribution in [1.29, 1.82) is 0 Å². The van der Waals surface area contributed by atoms with Crippen molar-refractivity contribution in [2.24, 2.45) is 23.7 Å². The number of allylic oxidation sites excluding steroid dienone is 1. The van der Waals surface area contributed by atoms with Gasteiger partial charge in [0.15, 0.2) is 0 Å². The van der Waals surface area contributed by atoms with E-state index in [0.717, 1.165) is 85.2 Å². The number of esters is 2. The summed E-state index contributed by atoms with van der Waals surface area (Å²) in [6.45, 7) is 7.17. The van der Waals surface area contributed by atoms with Crippen LogP contribution in [-0.2, 0) is 37.3 Å². The maximum Gasteiger partial charge on any atom is 0.319 e. The summed E-state index contributed by atoms with van der Waals surface area (Å²) in [6.07, 6.45) is 7.60. The van der Waals surface area contributed by atoms with Crippen LogP contribution < -0.4 is 4.74 Å².